The van der Waals surface area contributed by atoms with Gasteiger partial charge in [0.15, 0.2) is 0 Å². The molecule has 0 aliphatic carbocycles. The van der Waals surface area contributed by atoms with Crippen LogP contribution in [0.5, 0.6) is 5.75 Å². The van der Waals surface area contributed by atoms with E-state index in [2.05, 4.69) is 5.32 Å². The molecule has 4 aromatic rings. The molecule has 4 aromatic carbocycles. The number of alkyl halides is 3. The van der Waals surface area contributed by atoms with Crippen LogP contribution in [0.1, 0.15) is 45.2 Å². The quantitative estimate of drug-likeness (QED) is 0.234. The summed E-state index contributed by atoms with van der Waals surface area (Å²) in [5.74, 6) is -1.44. The molecule has 2 N–H and O–H groups in total. The first kappa shape index (κ1) is 27.4. The lowest BCUT2D eigenvalue weighted by molar-refractivity contribution is -0.137. The van der Waals surface area contributed by atoms with E-state index in [4.69, 9.17) is 4.74 Å². The lowest BCUT2D eigenvalue weighted by atomic mass is 9.91. The van der Waals surface area contributed by atoms with E-state index in [1.54, 1.807) is 24.3 Å². The first-order chi connectivity index (χ1) is 18.7. The van der Waals surface area contributed by atoms with Gasteiger partial charge < -0.3 is 15.2 Å². The largest absolute Gasteiger partial charge is 0.488 e. The zero-order chi connectivity index (χ0) is 28.0. The number of nitrogens with one attached hydrogen (secondary N) is 1. The highest BCUT2D eigenvalue weighted by Gasteiger charge is 2.31. The number of hydrogen-bond donors (Lipinski definition) is 2. The second-order valence-electron chi connectivity index (χ2n) is 8.89. The zero-order valence-corrected chi connectivity index (χ0v) is 21.1. The Labute approximate surface area is 223 Å². The molecule has 0 saturated carbocycles. The number of halogens is 3. The lowest BCUT2D eigenvalue weighted by Crippen LogP contribution is -2.24. The van der Waals surface area contributed by atoms with Gasteiger partial charge in [0.2, 0.25) is 0 Å². The molecule has 0 spiro atoms. The Morgan fingerprint density at radius 3 is 2.15 bits per heavy atom. The second kappa shape index (κ2) is 11.9. The van der Waals surface area contributed by atoms with Crippen LogP contribution >= 0.6 is 0 Å². The van der Waals surface area contributed by atoms with Crippen molar-refractivity contribution in [2.75, 3.05) is 6.54 Å². The minimum Gasteiger partial charge on any atom is -0.488 e. The number of carboxylic acid groups (broad SMARTS) is 1. The van der Waals surface area contributed by atoms with Gasteiger partial charge in [-0.3, -0.25) is 4.79 Å². The van der Waals surface area contributed by atoms with E-state index in [1.165, 1.54) is 24.3 Å². The predicted molar refractivity (Wildman–Crippen MR) is 143 cm³/mol. The van der Waals surface area contributed by atoms with Crippen molar-refractivity contribution in [3.05, 3.63) is 113 Å². The van der Waals surface area contributed by atoms with Gasteiger partial charge in [0.05, 0.1) is 11.1 Å². The Hall–Kier alpha value is -4.59. The smallest absolute Gasteiger partial charge is 0.416 e. The minimum absolute atomic E-state index is 0.117. The molecule has 0 heterocycles. The molecule has 0 fully saturated rings. The van der Waals surface area contributed by atoms with E-state index in [9.17, 15) is 27.9 Å². The van der Waals surface area contributed by atoms with Crippen LogP contribution in [0.3, 0.4) is 0 Å². The van der Waals surface area contributed by atoms with Crippen LogP contribution < -0.4 is 10.1 Å². The van der Waals surface area contributed by atoms with Gasteiger partial charge in [0, 0.05) is 17.7 Å². The maximum Gasteiger partial charge on any atom is 0.416 e. The Bertz CT molecular complexity index is 1480. The van der Waals surface area contributed by atoms with E-state index in [0.717, 1.165) is 17.7 Å². The predicted octanol–water partition coefficient (Wildman–Crippen LogP) is 7.46. The van der Waals surface area contributed by atoms with Crippen molar-refractivity contribution < 1.29 is 32.6 Å². The highest BCUT2D eigenvalue weighted by atomic mass is 19.4. The van der Waals surface area contributed by atoms with Crippen LogP contribution in [0.15, 0.2) is 91.0 Å². The van der Waals surface area contributed by atoms with Gasteiger partial charge >= 0.3 is 12.1 Å². The van der Waals surface area contributed by atoms with Gasteiger partial charge in [0.1, 0.15) is 12.4 Å². The number of aromatic carboxylic acids is 1. The Balaban J connectivity index is 1.86. The van der Waals surface area contributed by atoms with Crippen LogP contribution in [0.4, 0.5) is 13.2 Å². The molecule has 0 bridgehead atoms. The van der Waals surface area contributed by atoms with Crippen molar-refractivity contribution in [1.82, 2.24) is 5.32 Å². The third-order valence-electron chi connectivity index (χ3n) is 6.05. The number of amides is 1. The van der Waals surface area contributed by atoms with Crippen molar-refractivity contribution >= 4 is 11.9 Å². The highest BCUT2D eigenvalue weighted by Crippen LogP contribution is 2.41. The number of carbonyl (C=O) groups excluding carboxylic acids is 1. The van der Waals surface area contributed by atoms with E-state index >= 15 is 0 Å². The van der Waals surface area contributed by atoms with Gasteiger partial charge in [-0.2, -0.15) is 13.2 Å². The molecule has 0 aliphatic rings. The Morgan fingerprint density at radius 1 is 0.821 bits per heavy atom. The van der Waals surface area contributed by atoms with Gasteiger partial charge in [-0.15, -0.1) is 0 Å². The third kappa shape index (κ3) is 6.65. The highest BCUT2D eigenvalue weighted by molar-refractivity contribution is 6.00. The average Bonchev–Trinajstić information content (AvgIpc) is 2.94. The topological polar surface area (TPSA) is 75.6 Å². The zero-order valence-electron chi connectivity index (χ0n) is 21.1. The van der Waals surface area contributed by atoms with E-state index in [-0.39, 0.29) is 29.0 Å². The molecule has 0 atom stereocenters. The summed E-state index contributed by atoms with van der Waals surface area (Å²) in [6.07, 6.45) is -3.89. The fourth-order valence-electron chi connectivity index (χ4n) is 4.13. The molecular weight excluding hydrogens is 507 g/mol. The van der Waals surface area contributed by atoms with Crippen LogP contribution in [0, 0.1) is 0 Å². The van der Waals surface area contributed by atoms with Crippen molar-refractivity contribution in [1.29, 1.82) is 0 Å². The van der Waals surface area contributed by atoms with E-state index in [0.29, 0.717) is 29.7 Å². The van der Waals surface area contributed by atoms with Crippen LogP contribution in [-0.4, -0.2) is 23.5 Å². The van der Waals surface area contributed by atoms with Gasteiger partial charge in [-0.25, -0.2) is 4.79 Å². The van der Waals surface area contributed by atoms with Gasteiger partial charge in [-0.1, -0.05) is 61.5 Å². The summed E-state index contributed by atoms with van der Waals surface area (Å²) in [5.41, 5.74) is 1.42. The first-order valence-electron chi connectivity index (χ1n) is 12.3. The number of rotatable bonds is 9. The summed E-state index contributed by atoms with van der Waals surface area (Å²) in [5, 5.41) is 12.4. The van der Waals surface area contributed by atoms with Crippen molar-refractivity contribution in [2.24, 2.45) is 0 Å². The molecule has 1 amide bonds. The maximum atomic E-state index is 13.7. The van der Waals surface area contributed by atoms with Crippen molar-refractivity contribution in [2.45, 2.75) is 26.1 Å². The first-order valence-corrected chi connectivity index (χ1v) is 12.3. The fraction of sp³-hybridized carbons (Fsp3) is 0.161. The number of carbonyl (C=O) groups is 2. The molecule has 5 nitrogen and oxygen atoms in total. The maximum absolute atomic E-state index is 13.7. The molecule has 39 heavy (non-hydrogen) atoms. The lowest BCUT2D eigenvalue weighted by Gasteiger charge is -2.18. The number of ether oxygens (including phenoxy) is 1. The molecule has 4 rings (SSSR count). The molecule has 0 unspecified atom stereocenters. The summed E-state index contributed by atoms with van der Waals surface area (Å²) >= 11 is 0. The van der Waals surface area contributed by atoms with Crippen molar-refractivity contribution in [3.63, 3.8) is 0 Å². The van der Waals surface area contributed by atoms with Crippen molar-refractivity contribution in [3.8, 4) is 28.0 Å². The summed E-state index contributed by atoms with van der Waals surface area (Å²) in [7, 11) is 0. The second-order valence-corrected chi connectivity index (χ2v) is 8.89. The minimum atomic E-state index is -4.59. The SMILES string of the molecule is CCCNC(=O)c1cc(C(=O)O)cc(-c2ccccc2-c2cc(C(F)(F)F)ccc2OCc2ccccc2)c1. The molecule has 0 aromatic heterocycles. The molecule has 0 saturated heterocycles. The molecule has 8 heteroatoms. The van der Waals surface area contributed by atoms with Crippen LogP contribution in [0.25, 0.3) is 22.3 Å². The average molecular weight is 534 g/mol. The number of hydrogen-bond acceptors (Lipinski definition) is 3. The monoisotopic (exact) mass is 533 g/mol. The molecule has 200 valence electrons. The normalized spacial score (nSPS) is 11.2. The van der Waals surface area contributed by atoms with Gasteiger partial charge in [0.25, 0.3) is 5.91 Å². The Morgan fingerprint density at radius 2 is 1.49 bits per heavy atom. The van der Waals surface area contributed by atoms with Gasteiger partial charge in [-0.05, 0) is 65.1 Å². The molecular formula is C31H26F3NO4. The van der Waals surface area contributed by atoms with Crippen LogP contribution in [0.2, 0.25) is 0 Å². The Kier molecular flexibility index (Phi) is 8.34. The van der Waals surface area contributed by atoms with Crippen LogP contribution in [-0.2, 0) is 12.8 Å². The standard InChI is InChI=1S/C31H26F3NO4/c1-2-14-35-29(36)22-15-21(16-23(17-22)30(37)38)25-10-6-7-11-26(25)27-18-24(31(32,33)34)12-13-28(27)39-19-20-8-4-3-5-9-20/h3-13,15-18H,2,14,19H2,1H3,(H,35,36)(H,37,38). The molecule has 0 radical (unpaired) electrons. The summed E-state index contributed by atoms with van der Waals surface area (Å²) in [6, 6.07) is 23.4. The summed E-state index contributed by atoms with van der Waals surface area (Å²) in [4.78, 5) is 24.6. The summed E-state index contributed by atoms with van der Waals surface area (Å²) in [6.45, 7) is 2.44. The fourth-order valence-corrected chi connectivity index (χ4v) is 4.13. The van der Waals surface area contributed by atoms with E-state index in [1.807, 2.05) is 37.3 Å². The summed E-state index contributed by atoms with van der Waals surface area (Å²) < 4.78 is 47.2. The third-order valence-corrected chi connectivity index (χ3v) is 6.05. The number of carboxylic acids is 1. The molecule has 0 aliphatic heterocycles. The number of benzene rings is 4. The van der Waals surface area contributed by atoms with E-state index < -0.39 is 23.6 Å².